The van der Waals surface area contributed by atoms with Crippen LogP contribution in [0.1, 0.15) is 49.3 Å². The maximum atomic E-state index is 14.5. The molecule has 0 aliphatic heterocycles. The van der Waals surface area contributed by atoms with Crippen molar-refractivity contribution < 1.29 is 18.7 Å². The predicted octanol–water partition coefficient (Wildman–Crippen LogP) is 4.06. The summed E-state index contributed by atoms with van der Waals surface area (Å²) in [6.45, 7) is 7.27. The number of aryl methyl sites for hydroxylation is 1. The maximum Gasteiger partial charge on any atom is 0.326 e. The quantitative estimate of drug-likeness (QED) is 0.547. The summed E-state index contributed by atoms with van der Waals surface area (Å²) in [5.41, 5.74) is 1.52. The molecule has 1 atom stereocenters. The lowest BCUT2D eigenvalue weighted by molar-refractivity contribution is -0.141. The van der Waals surface area contributed by atoms with Crippen LogP contribution < -0.4 is 4.90 Å². The van der Waals surface area contributed by atoms with Gasteiger partial charge in [0.1, 0.15) is 12.4 Å². The number of pyridine rings is 1. The minimum atomic E-state index is -0.619. The number of hydrogen-bond acceptors (Lipinski definition) is 5. The average Bonchev–Trinajstić information content (AvgIpc) is 3.15. The molecule has 8 heteroatoms. The number of aromatic nitrogens is 3. The monoisotopic (exact) mass is 412 g/mol. The zero-order chi connectivity index (χ0) is 21.8. The standard InChI is InChI=1S/C22H25FN4O3/c1-5-15(4)27-21-17(12-24-27)16(11-14(3)25-21)22(29)26(13-20(28)30-6-2)19-10-8-7-9-18(19)23/h7-12,15H,5-6,13H2,1-4H3. The molecule has 1 amide bonds. The molecule has 1 aromatic carbocycles. The van der Waals surface area contributed by atoms with Crippen molar-refractivity contribution in [3.8, 4) is 0 Å². The summed E-state index contributed by atoms with van der Waals surface area (Å²) in [5.74, 6) is -1.74. The Hall–Kier alpha value is -3.29. The van der Waals surface area contributed by atoms with Crippen LogP contribution in [0.25, 0.3) is 11.0 Å². The maximum absolute atomic E-state index is 14.5. The fourth-order valence-electron chi connectivity index (χ4n) is 3.23. The lowest BCUT2D eigenvalue weighted by Crippen LogP contribution is -2.37. The summed E-state index contributed by atoms with van der Waals surface area (Å²) in [7, 11) is 0. The Balaban J connectivity index is 2.12. The lowest BCUT2D eigenvalue weighted by atomic mass is 10.1. The van der Waals surface area contributed by atoms with E-state index in [0.717, 1.165) is 11.3 Å². The van der Waals surface area contributed by atoms with E-state index in [-0.39, 0.29) is 18.3 Å². The van der Waals surface area contributed by atoms with Crippen LogP contribution in [-0.4, -0.2) is 39.8 Å². The van der Waals surface area contributed by atoms with Crippen molar-refractivity contribution in [2.45, 2.75) is 40.2 Å². The molecule has 158 valence electrons. The van der Waals surface area contributed by atoms with E-state index in [1.54, 1.807) is 36.9 Å². The molecular formula is C22H25FN4O3. The molecule has 3 aromatic rings. The van der Waals surface area contributed by atoms with Crippen molar-refractivity contribution in [3.05, 3.63) is 53.6 Å². The Morgan fingerprint density at radius 1 is 1.27 bits per heavy atom. The Kier molecular flexibility index (Phi) is 6.44. The number of para-hydroxylation sites is 1. The number of anilines is 1. The van der Waals surface area contributed by atoms with Crippen LogP contribution in [0.5, 0.6) is 0 Å². The van der Waals surface area contributed by atoms with Gasteiger partial charge in [0.15, 0.2) is 5.65 Å². The van der Waals surface area contributed by atoms with E-state index in [0.29, 0.717) is 22.3 Å². The molecule has 3 rings (SSSR count). The highest BCUT2D eigenvalue weighted by molar-refractivity contribution is 6.14. The van der Waals surface area contributed by atoms with Crippen molar-refractivity contribution in [2.75, 3.05) is 18.1 Å². The number of fused-ring (bicyclic) bond motifs is 1. The van der Waals surface area contributed by atoms with Crippen LogP contribution in [-0.2, 0) is 9.53 Å². The smallest absolute Gasteiger partial charge is 0.326 e. The zero-order valence-corrected chi connectivity index (χ0v) is 17.6. The normalized spacial score (nSPS) is 12.0. The van der Waals surface area contributed by atoms with Crippen molar-refractivity contribution in [2.24, 2.45) is 0 Å². The Morgan fingerprint density at radius 2 is 2.00 bits per heavy atom. The first kappa shape index (κ1) is 21.4. The number of nitrogens with zero attached hydrogens (tertiary/aromatic N) is 4. The second kappa shape index (κ2) is 9.02. The molecule has 0 aliphatic carbocycles. The number of carbonyl (C=O) groups is 2. The van der Waals surface area contributed by atoms with Crippen molar-refractivity contribution in [3.63, 3.8) is 0 Å². The van der Waals surface area contributed by atoms with E-state index in [9.17, 15) is 14.0 Å². The number of hydrogen-bond donors (Lipinski definition) is 0. The van der Waals surface area contributed by atoms with Crippen molar-refractivity contribution in [1.29, 1.82) is 0 Å². The summed E-state index contributed by atoms with van der Waals surface area (Å²) in [6.07, 6.45) is 2.44. The first-order chi connectivity index (χ1) is 14.4. The summed E-state index contributed by atoms with van der Waals surface area (Å²) in [4.78, 5) is 31.4. The highest BCUT2D eigenvalue weighted by Crippen LogP contribution is 2.26. The van der Waals surface area contributed by atoms with E-state index in [1.165, 1.54) is 18.2 Å². The van der Waals surface area contributed by atoms with E-state index in [4.69, 9.17) is 4.74 Å². The van der Waals surface area contributed by atoms with E-state index >= 15 is 0 Å². The molecule has 0 spiro atoms. The zero-order valence-electron chi connectivity index (χ0n) is 17.6. The molecule has 0 N–H and O–H groups in total. The van der Waals surface area contributed by atoms with Crippen LogP contribution in [0.2, 0.25) is 0 Å². The number of esters is 1. The molecule has 0 aliphatic rings. The summed E-state index contributed by atoms with van der Waals surface area (Å²) in [6, 6.07) is 7.57. The molecule has 7 nitrogen and oxygen atoms in total. The molecule has 0 saturated carbocycles. The van der Waals surface area contributed by atoms with Crippen molar-refractivity contribution >= 4 is 28.6 Å². The summed E-state index contributed by atoms with van der Waals surface area (Å²) < 4.78 is 21.3. The van der Waals surface area contributed by atoms with Gasteiger partial charge >= 0.3 is 5.97 Å². The Morgan fingerprint density at radius 3 is 2.67 bits per heavy atom. The number of benzene rings is 1. The van der Waals surface area contributed by atoms with Gasteiger partial charge < -0.3 is 4.74 Å². The largest absolute Gasteiger partial charge is 0.465 e. The topological polar surface area (TPSA) is 77.3 Å². The molecule has 2 heterocycles. The first-order valence-corrected chi connectivity index (χ1v) is 9.94. The van der Waals surface area contributed by atoms with Gasteiger partial charge in [-0.15, -0.1) is 0 Å². The second-order valence-corrected chi connectivity index (χ2v) is 7.04. The van der Waals surface area contributed by atoms with Crippen LogP contribution in [0.4, 0.5) is 10.1 Å². The number of ether oxygens (including phenoxy) is 1. The predicted molar refractivity (Wildman–Crippen MR) is 112 cm³/mol. The van der Waals surface area contributed by atoms with Crippen molar-refractivity contribution in [1.82, 2.24) is 14.8 Å². The van der Waals surface area contributed by atoms with Crippen LogP contribution >= 0.6 is 0 Å². The number of amides is 1. The Labute approximate surface area is 174 Å². The molecule has 2 aromatic heterocycles. The molecule has 30 heavy (non-hydrogen) atoms. The van der Waals surface area contributed by atoms with Gasteiger partial charge in [-0.2, -0.15) is 5.10 Å². The molecule has 1 unspecified atom stereocenters. The Bertz CT molecular complexity index is 1080. The second-order valence-electron chi connectivity index (χ2n) is 7.04. The van der Waals surface area contributed by atoms with Gasteiger partial charge in [-0.25, -0.2) is 14.1 Å². The highest BCUT2D eigenvalue weighted by Gasteiger charge is 2.27. The number of carbonyl (C=O) groups excluding carboxylic acids is 2. The van der Waals surface area contributed by atoms with Gasteiger partial charge in [-0.3, -0.25) is 14.5 Å². The van der Waals surface area contributed by atoms with Gasteiger partial charge in [-0.05, 0) is 45.4 Å². The number of halogens is 1. The highest BCUT2D eigenvalue weighted by atomic mass is 19.1. The third-order valence-corrected chi connectivity index (χ3v) is 4.91. The minimum absolute atomic E-state index is 0.00693. The average molecular weight is 412 g/mol. The van der Waals surface area contributed by atoms with Gasteiger partial charge in [-0.1, -0.05) is 19.1 Å². The molecule has 0 saturated heterocycles. The summed E-state index contributed by atoms with van der Waals surface area (Å²) in [5, 5.41) is 4.96. The SMILES string of the molecule is CCOC(=O)CN(C(=O)c1cc(C)nc2c1cnn2C(C)CC)c1ccccc1F. The van der Waals surface area contributed by atoms with Crippen LogP contribution in [0, 0.1) is 12.7 Å². The third-order valence-electron chi connectivity index (χ3n) is 4.91. The third kappa shape index (κ3) is 4.17. The fourth-order valence-corrected chi connectivity index (χ4v) is 3.23. The van der Waals surface area contributed by atoms with Gasteiger partial charge in [0.25, 0.3) is 5.91 Å². The van der Waals surface area contributed by atoms with E-state index < -0.39 is 24.2 Å². The lowest BCUT2D eigenvalue weighted by Gasteiger charge is -2.23. The molecule has 0 radical (unpaired) electrons. The fraction of sp³-hybridized carbons (Fsp3) is 0.364. The van der Waals surface area contributed by atoms with Gasteiger partial charge in [0, 0.05) is 5.69 Å². The minimum Gasteiger partial charge on any atom is -0.465 e. The van der Waals surface area contributed by atoms with E-state index in [2.05, 4.69) is 10.1 Å². The van der Waals surface area contributed by atoms with E-state index in [1.807, 2.05) is 13.8 Å². The first-order valence-electron chi connectivity index (χ1n) is 9.94. The van der Waals surface area contributed by atoms with Crippen LogP contribution in [0.3, 0.4) is 0 Å². The van der Waals surface area contributed by atoms with Gasteiger partial charge in [0.05, 0.1) is 35.5 Å². The number of rotatable bonds is 7. The molecular weight excluding hydrogens is 387 g/mol. The van der Waals surface area contributed by atoms with Gasteiger partial charge in [0.2, 0.25) is 0 Å². The molecule has 0 bridgehead atoms. The summed E-state index contributed by atoms with van der Waals surface area (Å²) >= 11 is 0. The molecule has 0 fully saturated rings. The van der Waals surface area contributed by atoms with Crippen LogP contribution in [0.15, 0.2) is 36.5 Å².